The summed E-state index contributed by atoms with van der Waals surface area (Å²) >= 11 is 0. The van der Waals surface area contributed by atoms with Gasteiger partial charge in [0, 0.05) is 0 Å². The Labute approximate surface area is 142 Å². The van der Waals surface area contributed by atoms with Crippen LogP contribution in [0.5, 0.6) is 0 Å². The van der Waals surface area contributed by atoms with Gasteiger partial charge in [-0.15, -0.1) is 9.35 Å². The first kappa shape index (κ1) is 15.9. The highest BCUT2D eigenvalue weighted by Crippen LogP contribution is 2.02. The lowest BCUT2D eigenvalue weighted by Gasteiger charge is -1.96. The van der Waals surface area contributed by atoms with Crippen LogP contribution >= 0.6 is 0 Å². The summed E-state index contributed by atoms with van der Waals surface area (Å²) < 4.78 is 3.78. The lowest BCUT2D eigenvalue weighted by Crippen LogP contribution is -2.31. The van der Waals surface area contributed by atoms with E-state index in [0.717, 1.165) is 29.8 Å². The smallest absolute Gasteiger partial charge is 0.103 e. The summed E-state index contributed by atoms with van der Waals surface area (Å²) in [4.78, 5) is 0. The fourth-order valence-electron chi connectivity index (χ4n) is 2.40. The van der Waals surface area contributed by atoms with Gasteiger partial charge in [-0.1, -0.05) is 77.8 Å². The topological polar surface area (TPSA) is 33.5 Å². The minimum absolute atomic E-state index is 0.908. The summed E-state index contributed by atoms with van der Waals surface area (Å²) in [6.07, 6.45) is 9.55. The van der Waals surface area contributed by atoms with Crippen LogP contribution in [0.15, 0.2) is 83.3 Å². The minimum atomic E-state index is 0.908. The van der Waals surface area contributed by atoms with E-state index in [9.17, 15) is 0 Å². The van der Waals surface area contributed by atoms with Gasteiger partial charge in [-0.25, -0.2) is 0 Å². The third kappa shape index (κ3) is 4.04. The molecule has 0 bridgehead atoms. The van der Waals surface area contributed by atoms with Crippen LogP contribution in [0.2, 0.25) is 0 Å². The fraction of sp³-hybridized carbons (Fsp3) is 0.150. The van der Waals surface area contributed by atoms with Crippen molar-refractivity contribution in [2.75, 3.05) is 0 Å². The first-order valence-electron chi connectivity index (χ1n) is 8.17. The van der Waals surface area contributed by atoms with Crippen molar-refractivity contribution in [1.82, 2.24) is 4.68 Å². The van der Waals surface area contributed by atoms with Crippen molar-refractivity contribution >= 4 is 12.4 Å². The average Bonchev–Trinajstić information content (AvgIpc) is 3.02. The first-order valence-corrected chi connectivity index (χ1v) is 8.17. The third-order valence-electron chi connectivity index (χ3n) is 3.61. The zero-order chi connectivity index (χ0) is 16.6. The Balaban J connectivity index is 1.85. The van der Waals surface area contributed by atoms with Crippen LogP contribution in [0.4, 0.5) is 0 Å². The molecule has 0 aliphatic rings. The molecule has 0 saturated carbocycles. The molecule has 0 aliphatic heterocycles. The van der Waals surface area contributed by atoms with Gasteiger partial charge in [0.1, 0.15) is 0 Å². The summed E-state index contributed by atoms with van der Waals surface area (Å²) in [7, 11) is 0. The first-order chi connectivity index (χ1) is 11.9. The Morgan fingerprint density at radius 3 is 2.17 bits per heavy atom. The molecule has 0 aliphatic carbocycles. The highest BCUT2D eigenvalue weighted by Gasteiger charge is 2.15. The molecule has 0 fully saturated rings. The van der Waals surface area contributed by atoms with E-state index >= 15 is 0 Å². The van der Waals surface area contributed by atoms with Gasteiger partial charge in [-0.3, -0.25) is 0 Å². The maximum absolute atomic E-state index is 4.57. The van der Waals surface area contributed by atoms with Crippen LogP contribution in [-0.2, 0) is 6.42 Å². The SMILES string of the molecule is CCCc1n(/N=C/c2ccccc2)cc[n+]1/N=C/c1ccccc1. The van der Waals surface area contributed by atoms with E-state index in [1.165, 1.54) is 0 Å². The predicted molar refractivity (Wildman–Crippen MR) is 97.5 cm³/mol. The fourth-order valence-corrected chi connectivity index (χ4v) is 2.40. The second-order valence-corrected chi connectivity index (χ2v) is 5.46. The standard InChI is InChI=1S/C20H21N4/c1-2-9-20-23(21-16-18-10-5-3-6-11-18)14-15-24(20)22-17-19-12-7-4-8-13-19/h3-8,10-17H,2,9H2,1H3/q+1/b21-16+,22-17+. The van der Waals surface area contributed by atoms with E-state index in [2.05, 4.69) is 17.1 Å². The summed E-state index contributed by atoms with van der Waals surface area (Å²) in [6.45, 7) is 2.16. The summed E-state index contributed by atoms with van der Waals surface area (Å²) in [5, 5.41) is 9.14. The van der Waals surface area contributed by atoms with Crippen LogP contribution in [-0.4, -0.2) is 17.1 Å². The predicted octanol–water partition coefficient (Wildman–Crippen LogP) is 3.49. The number of rotatable bonds is 6. The molecule has 3 rings (SSSR count). The normalized spacial score (nSPS) is 11.5. The van der Waals surface area contributed by atoms with E-state index in [4.69, 9.17) is 0 Å². The van der Waals surface area contributed by atoms with Gasteiger partial charge in [0.25, 0.3) is 0 Å². The van der Waals surface area contributed by atoms with Gasteiger partial charge < -0.3 is 0 Å². The molecule has 4 heteroatoms. The molecule has 0 amide bonds. The molecule has 0 spiro atoms. The third-order valence-corrected chi connectivity index (χ3v) is 3.61. The number of aromatic nitrogens is 2. The monoisotopic (exact) mass is 317 g/mol. The second-order valence-electron chi connectivity index (χ2n) is 5.46. The van der Waals surface area contributed by atoms with Crippen LogP contribution in [0.1, 0.15) is 30.3 Å². The average molecular weight is 317 g/mol. The molecule has 0 atom stereocenters. The lowest BCUT2D eigenvalue weighted by atomic mass is 10.2. The Kier molecular flexibility index (Phi) is 5.30. The zero-order valence-electron chi connectivity index (χ0n) is 13.8. The summed E-state index contributed by atoms with van der Waals surface area (Å²) in [5.74, 6) is 1.05. The van der Waals surface area contributed by atoms with Crippen LogP contribution in [0.25, 0.3) is 0 Å². The Morgan fingerprint density at radius 1 is 0.917 bits per heavy atom. The largest absolute Gasteiger partial charge is 0.307 e. The van der Waals surface area contributed by atoms with Gasteiger partial charge in [-0.2, -0.15) is 0 Å². The maximum atomic E-state index is 4.57. The van der Waals surface area contributed by atoms with Gasteiger partial charge in [0.2, 0.25) is 0 Å². The van der Waals surface area contributed by atoms with E-state index in [1.807, 2.05) is 94.8 Å². The Morgan fingerprint density at radius 2 is 1.54 bits per heavy atom. The van der Waals surface area contributed by atoms with Crippen LogP contribution < -0.4 is 4.68 Å². The van der Waals surface area contributed by atoms with Gasteiger partial charge in [0.05, 0.1) is 18.9 Å². The van der Waals surface area contributed by atoms with Crippen LogP contribution in [0.3, 0.4) is 0 Å². The van der Waals surface area contributed by atoms with Gasteiger partial charge >= 0.3 is 5.82 Å². The lowest BCUT2D eigenvalue weighted by molar-refractivity contribution is -0.685. The molecule has 120 valence electrons. The van der Waals surface area contributed by atoms with Gasteiger partial charge in [0.15, 0.2) is 12.4 Å². The Hall–Kier alpha value is -3.01. The van der Waals surface area contributed by atoms with Crippen molar-refractivity contribution in [3.05, 3.63) is 90.0 Å². The van der Waals surface area contributed by atoms with Crippen molar-refractivity contribution in [2.45, 2.75) is 19.8 Å². The molecule has 4 nitrogen and oxygen atoms in total. The number of benzene rings is 2. The quantitative estimate of drug-likeness (QED) is 0.493. The number of hydrogen-bond donors (Lipinski definition) is 0. The molecule has 0 unspecified atom stereocenters. The number of hydrogen-bond acceptors (Lipinski definition) is 2. The highest BCUT2D eigenvalue weighted by molar-refractivity contribution is 5.79. The van der Waals surface area contributed by atoms with E-state index in [1.54, 1.807) is 0 Å². The molecule has 3 aromatic rings. The van der Waals surface area contributed by atoms with Crippen molar-refractivity contribution < 1.29 is 4.68 Å². The molecule has 0 N–H and O–H groups in total. The van der Waals surface area contributed by atoms with E-state index in [0.29, 0.717) is 0 Å². The van der Waals surface area contributed by atoms with Gasteiger partial charge in [-0.05, 0) is 17.5 Å². The van der Waals surface area contributed by atoms with E-state index < -0.39 is 0 Å². The minimum Gasteiger partial charge on any atom is -0.103 e. The van der Waals surface area contributed by atoms with Crippen LogP contribution in [0, 0.1) is 0 Å². The van der Waals surface area contributed by atoms with Crippen molar-refractivity contribution in [2.24, 2.45) is 10.2 Å². The molecular weight excluding hydrogens is 296 g/mol. The molecular formula is C20H21N4+. The number of imidazole rings is 1. The molecule has 24 heavy (non-hydrogen) atoms. The van der Waals surface area contributed by atoms with Crippen molar-refractivity contribution in [3.8, 4) is 0 Å². The van der Waals surface area contributed by atoms with E-state index in [-0.39, 0.29) is 0 Å². The number of nitrogens with zero attached hydrogens (tertiary/aromatic N) is 4. The second kappa shape index (κ2) is 8.02. The molecule has 2 aromatic carbocycles. The molecule has 1 heterocycles. The maximum Gasteiger partial charge on any atom is 0.307 e. The molecule has 0 radical (unpaired) electrons. The summed E-state index contributed by atoms with van der Waals surface area (Å²) in [6, 6.07) is 20.2. The van der Waals surface area contributed by atoms with Crippen molar-refractivity contribution in [3.63, 3.8) is 0 Å². The Bertz CT molecular complexity index is 750. The van der Waals surface area contributed by atoms with Crippen molar-refractivity contribution in [1.29, 1.82) is 0 Å². The molecule has 1 aromatic heterocycles. The highest BCUT2D eigenvalue weighted by atomic mass is 15.5. The summed E-state index contributed by atoms with van der Waals surface area (Å²) in [5.41, 5.74) is 2.15. The zero-order valence-corrected chi connectivity index (χ0v) is 13.8. The molecule has 0 saturated heterocycles.